The quantitative estimate of drug-likeness (QED) is 0.698. The van der Waals surface area contributed by atoms with Crippen molar-refractivity contribution in [3.8, 4) is 0 Å². The molecule has 3 heteroatoms. The van der Waals surface area contributed by atoms with Crippen LogP contribution < -0.4 is 5.32 Å². The fourth-order valence-corrected chi connectivity index (χ4v) is 2.29. The van der Waals surface area contributed by atoms with Gasteiger partial charge in [0.25, 0.3) is 0 Å². The van der Waals surface area contributed by atoms with E-state index in [0.717, 1.165) is 37.8 Å². The van der Waals surface area contributed by atoms with Gasteiger partial charge in [-0.2, -0.15) is 0 Å². The molecule has 1 unspecified atom stereocenters. The van der Waals surface area contributed by atoms with Gasteiger partial charge >= 0.3 is 0 Å². The van der Waals surface area contributed by atoms with Gasteiger partial charge in [0.15, 0.2) is 11.6 Å². The van der Waals surface area contributed by atoms with Gasteiger partial charge in [-0.25, -0.2) is 8.78 Å². The molecule has 0 aromatic heterocycles. The summed E-state index contributed by atoms with van der Waals surface area (Å²) in [5, 5.41) is 3.54. The number of nitrogens with one attached hydrogen (secondary N) is 1. The first-order chi connectivity index (χ1) is 9.17. The summed E-state index contributed by atoms with van der Waals surface area (Å²) in [5.74, 6) is -1.51. The Hall–Kier alpha value is -0.960. The molecule has 0 aliphatic heterocycles. The zero-order valence-corrected chi connectivity index (χ0v) is 12.0. The summed E-state index contributed by atoms with van der Waals surface area (Å²) in [6.07, 6.45) is 6.40. The topological polar surface area (TPSA) is 12.0 Å². The van der Waals surface area contributed by atoms with E-state index in [1.54, 1.807) is 6.07 Å². The molecule has 1 aromatic rings. The number of aryl methyl sites for hydroxylation is 1. The van der Waals surface area contributed by atoms with Crippen molar-refractivity contribution in [1.29, 1.82) is 0 Å². The van der Waals surface area contributed by atoms with E-state index >= 15 is 0 Å². The lowest BCUT2D eigenvalue weighted by Crippen LogP contribution is -2.29. The molecule has 108 valence electrons. The minimum absolute atomic E-state index is 0.551. The monoisotopic (exact) mass is 269 g/mol. The molecule has 0 spiro atoms. The van der Waals surface area contributed by atoms with Crippen molar-refractivity contribution in [3.63, 3.8) is 0 Å². The molecule has 19 heavy (non-hydrogen) atoms. The lowest BCUT2D eigenvalue weighted by molar-refractivity contribution is 0.437. The van der Waals surface area contributed by atoms with Crippen molar-refractivity contribution in [1.82, 2.24) is 5.32 Å². The van der Waals surface area contributed by atoms with Gasteiger partial charge in [0.2, 0.25) is 0 Å². The number of rotatable bonds is 9. The molecule has 1 aromatic carbocycles. The van der Waals surface area contributed by atoms with Gasteiger partial charge in [0, 0.05) is 6.04 Å². The maximum absolute atomic E-state index is 13.1. The van der Waals surface area contributed by atoms with Crippen LogP contribution >= 0.6 is 0 Å². The summed E-state index contributed by atoms with van der Waals surface area (Å²) in [6, 6.07) is 4.75. The van der Waals surface area contributed by atoms with Crippen LogP contribution in [0.2, 0.25) is 0 Å². The van der Waals surface area contributed by atoms with Crippen molar-refractivity contribution in [3.05, 3.63) is 35.4 Å². The Kier molecular flexibility index (Phi) is 7.65. The van der Waals surface area contributed by atoms with Gasteiger partial charge in [-0.1, -0.05) is 26.3 Å². The molecule has 1 N–H and O–H groups in total. The Morgan fingerprint density at radius 3 is 2.47 bits per heavy atom. The van der Waals surface area contributed by atoms with Crippen molar-refractivity contribution >= 4 is 0 Å². The molecule has 1 rings (SSSR count). The van der Waals surface area contributed by atoms with Crippen LogP contribution in [-0.2, 0) is 6.42 Å². The molecule has 0 aliphatic carbocycles. The van der Waals surface area contributed by atoms with Gasteiger partial charge in [-0.15, -0.1) is 0 Å². The van der Waals surface area contributed by atoms with Crippen LogP contribution in [0.5, 0.6) is 0 Å². The Balaban J connectivity index is 2.35. The Morgan fingerprint density at radius 1 is 1.05 bits per heavy atom. The number of benzene rings is 1. The van der Waals surface area contributed by atoms with Gasteiger partial charge in [0.05, 0.1) is 0 Å². The van der Waals surface area contributed by atoms with Crippen molar-refractivity contribution in [2.24, 2.45) is 0 Å². The van der Waals surface area contributed by atoms with Crippen LogP contribution in [-0.4, -0.2) is 12.6 Å². The summed E-state index contributed by atoms with van der Waals surface area (Å²) in [7, 11) is 0. The highest BCUT2D eigenvalue weighted by Crippen LogP contribution is 2.13. The molecule has 0 saturated carbocycles. The SMILES string of the molecule is CCCNC(CCC)CCCc1ccc(F)c(F)c1. The van der Waals surface area contributed by atoms with Crippen LogP contribution in [0.25, 0.3) is 0 Å². The van der Waals surface area contributed by atoms with E-state index in [4.69, 9.17) is 0 Å². The van der Waals surface area contributed by atoms with Crippen LogP contribution in [0.3, 0.4) is 0 Å². The molecular weight excluding hydrogens is 244 g/mol. The molecule has 0 bridgehead atoms. The highest BCUT2D eigenvalue weighted by molar-refractivity contribution is 5.17. The fraction of sp³-hybridized carbons (Fsp3) is 0.625. The van der Waals surface area contributed by atoms with E-state index in [2.05, 4.69) is 19.2 Å². The Morgan fingerprint density at radius 2 is 1.84 bits per heavy atom. The first-order valence-corrected chi connectivity index (χ1v) is 7.34. The van der Waals surface area contributed by atoms with E-state index in [1.807, 2.05) is 0 Å². The van der Waals surface area contributed by atoms with E-state index in [1.165, 1.54) is 25.0 Å². The number of hydrogen-bond donors (Lipinski definition) is 1. The average molecular weight is 269 g/mol. The van der Waals surface area contributed by atoms with E-state index in [-0.39, 0.29) is 0 Å². The third-order valence-electron chi connectivity index (χ3n) is 3.32. The summed E-state index contributed by atoms with van der Waals surface area (Å²) < 4.78 is 25.9. The molecule has 0 heterocycles. The first kappa shape index (κ1) is 16.1. The third-order valence-corrected chi connectivity index (χ3v) is 3.32. The largest absolute Gasteiger partial charge is 0.314 e. The summed E-state index contributed by atoms with van der Waals surface area (Å²) in [4.78, 5) is 0. The predicted molar refractivity (Wildman–Crippen MR) is 76.3 cm³/mol. The second kappa shape index (κ2) is 9.03. The zero-order chi connectivity index (χ0) is 14.1. The molecule has 0 radical (unpaired) electrons. The highest BCUT2D eigenvalue weighted by Gasteiger charge is 2.07. The summed E-state index contributed by atoms with van der Waals surface area (Å²) in [5.41, 5.74) is 0.879. The first-order valence-electron chi connectivity index (χ1n) is 7.34. The van der Waals surface area contributed by atoms with E-state index < -0.39 is 11.6 Å². The highest BCUT2D eigenvalue weighted by atomic mass is 19.2. The number of halogens is 2. The molecule has 1 atom stereocenters. The van der Waals surface area contributed by atoms with Crippen LogP contribution in [0.15, 0.2) is 18.2 Å². The smallest absolute Gasteiger partial charge is 0.159 e. The second-order valence-corrected chi connectivity index (χ2v) is 5.08. The van der Waals surface area contributed by atoms with Crippen molar-refractivity contribution < 1.29 is 8.78 Å². The minimum atomic E-state index is -0.766. The number of hydrogen-bond acceptors (Lipinski definition) is 1. The maximum Gasteiger partial charge on any atom is 0.159 e. The van der Waals surface area contributed by atoms with Crippen LogP contribution in [0.4, 0.5) is 8.78 Å². The Bertz CT molecular complexity index is 366. The molecule has 0 amide bonds. The normalized spacial score (nSPS) is 12.6. The van der Waals surface area contributed by atoms with Crippen molar-refractivity contribution in [2.45, 2.75) is 58.4 Å². The molecule has 0 saturated heterocycles. The third kappa shape index (κ3) is 6.15. The molecule has 0 aliphatic rings. The van der Waals surface area contributed by atoms with Crippen LogP contribution in [0.1, 0.15) is 51.5 Å². The summed E-state index contributed by atoms with van der Waals surface area (Å²) >= 11 is 0. The van der Waals surface area contributed by atoms with Crippen LogP contribution in [0, 0.1) is 11.6 Å². The van der Waals surface area contributed by atoms with E-state index in [9.17, 15) is 8.78 Å². The van der Waals surface area contributed by atoms with Gasteiger partial charge in [-0.05, 0) is 56.3 Å². The minimum Gasteiger partial charge on any atom is -0.314 e. The molecule has 1 nitrogen and oxygen atoms in total. The Labute approximate surface area is 115 Å². The summed E-state index contributed by atoms with van der Waals surface area (Å²) in [6.45, 7) is 5.41. The van der Waals surface area contributed by atoms with Gasteiger partial charge in [-0.3, -0.25) is 0 Å². The van der Waals surface area contributed by atoms with Gasteiger partial charge < -0.3 is 5.32 Å². The molecule has 0 fully saturated rings. The predicted octanol–water partition coefficient (Wildman–Crippen LogP) is 4.46. The lowest BCUT2D eigenvalue weighted by atomic mass is 10.0. The fourth-order valence-electron chi connectivity index (χ4n) is 2.29. The molecular formula is C16H25F2N. The van der Waals surface area contributed by atoms with Gasteiger partial charge in [0.1, 0.15) is 0 Å². The second-order valence-electron chi connectivity index (χ2n) is 5.08. The van der Waals surface area contributed by atoms with Crippen molar-refractivity contribution in [2.75, 3.05) is 6.54 Å². The lowest BCUT2D eigenvalue weighted by Gasteiger charge is -2.17. The average Bonchev–Trinajstić information content (AvgIpc) is 2.40. The standard InChI is InChI=1S/C16H25F2N/c1-3-6-14(19-11-4-2)8-5-7-13-9-10-15(17)16(18)12-13/h9-10,12,14,19H,3-8,11H2,1-2H3. The maximum atomic E-state index is 13.1. The zero-order valence-electron chi connectivity index (χ0n) is 12.0. The van der Waals surface area contributed by atoms with E-state index in [0.29, 0.717) is 6.04 Å².